The summed E-state index contributed by atoms with van der Waals surface area (Å²) < 4.78 is 45.3. The Balaban J connectivity index is 1.88. The Morgan fingerprint density at radius 2 is 1.08 bits per heavy atom. The highest BCUT2D eigenvalue weighted by Crippen LogP contribution is 2.46. The van der Waals surface area contributed by atoms with E-state index in [9.17, 15) is 23.5 Å². The summed E-state index contributed by atoms with van der Waals surface area (Å²) in [6, 6.07) is 15.6. The lowest BCUT2D eigenvalue weighted by Crippen LogP contribution is -2.08. The lowest BCUT2D eigenvalue weighted by Gasteiger charge is -2.08. The second-order valence-corrected chi connectivity index (χ2v) is 10.1. The van der Waals surface area contributed by atoms with Crippen molar-refractivity contribution in [2.75, 3.05) is 12.7 Å². The molecule has 7 nitrogen and oxygen atoms in total. The summed E-state index contributed by atoms with van der Waals surface area (Å²) in [6.45, 7) is 0. The van der Waals surface area contributed by atoms with Gasteiger partial charge in [-0.2, -0.15) is 0 Å². The Morgan fingerprint density at radius 3 is 1.42 bits per heavy atom. The summed E-state index contributed by atoms with van der Waals surface area (Å²) in [5, 5.41) is 0.316. The molecule has 2 aromatic rings. The van der Waals surface area contributed by atoms with Crippen LogP contribution in [-0.4, -0.2) is 22.5 Å². The van der Waals surface area contributed by atoms with Crippen LogP contribution < -0.4 is 10.6 Å². The molecule has 0 radical (unpaired) electrons. The molecule has 0 saturated carbocycles. The highest BCUT2D eigenvalue weighted by atomic mass is 31.2. The normalized spacial score (nSPS) is 16.8. The third-order valence-electron chi connectivity index (χ3n) is 3.00. The molecule has 2 atom stereocenters. The first-order valence-corrected chi connectivity index (χ1v) is 11.6. The molecule has 2 N–H and O–H groups in total. The van der Waals surface area contributed by atoms with E-state index in [-0.39, 0.29) is 10.6 Å². The Hall–Kier alpha value is -1.16. The monoisotopic (exact) mass is 389 g/mol. The fourth-order valence-corrected chi connectivity index (χ4v) is 5.41. The number of rotatable bonds is 8. The summed E-state index contributed by atoms with van der Waals surface area (Å²) in [5.41, 5.74) is 0. The van der Waals surface area contributed by atoms with Gasteiger partial charge >= 0.3 is 8.25 Å². The van der Waals surface area contributed by atoms with Crippen LogP contribution in [0.5, 0.6) is 0 Å². The second kappa shape index (κ2) is 8.28. The molecule has 0 bridgehead atoms. The zero-order valence-corrected chi connectivity index (χ0v) is 15.1. The first-order chi connectivity index (χ1) is 11.3. The van der Waals surface area contributed by atoms with Crippen LogP contribution in [0.1, 0.15) is 0 Å². The molecule has 0 aromatic heterocycles. The third kappa shape index (κ3) is 5.44. The summed E-state index contributed by atoms with van der Waals surface area (Å²) in [7, 11) is -10.5. The van der Waals surface area contributed by atoms with Crippen molar-refractivity contribution in [3.05, 3.63) is 60.7 Å². The minimum absolute atomic E-state index is 0.158. The van der Waals surface area contributed by atoms with Crippen molar-refractivity contribution in [3.8, 4) is 0 Å². The Kier molecular flexibility index (Phi) is 6.62. The van der Waals surface area contributed by atoms with Gasteiger partial charge in [0.05, 0.1) is 0 Å². The molecule has 0 spiro atoms. The van der Waals surface area contributed by atoms with Crippen LogP contribution in [0, 0.1) is 0 Å². The lowest BCUT2D eigenvalue weighted by atomic mass is 10.4. The molecule has 0 aliphatic rings. The number of hydrogen-bond donors (Lipinski definition) is 2. The van der Waals surface area contributed by atoms with E-state index in [2.05, 4.69) is 0 Å². The highest BCUT2D eigenvalue weighted by Gasteiger charge is 2.33. The molecule has 0 aliphatic carbocycles. The first kappa shape index (κ1) is 19.2. The van der Waals surface area contributed by atoms with E-state index < -0.39 is 35.7 Å². The molecule has 0 heterocycles. The van der Waals surface area contributed by atoms with Crippen LogP contribution in [0.3, 0.4) is 0 Å². The molecule has 0 saturated heterocycles. The number of hydrogen-bond acceptors (Lipinski definition) is 5. The number of benzene rings is 2. The largest absolute Gasteiger partial charge is 0.698 e. The molecular formula is C14H16O7P3+. The third-order valence-corrected chi connectivity index (χ3v) is 7.25. The maximum absolute atomic E-state index is 12.1. The molecule has 2 rings (SSSR count). The molecule has 2 unspecified atom stereocenters. The first-order valence-electron chi connectivity index (χ1n) is 6.79. The Labute approximate surface area is 140 Å². The van der Waals surface area contributed by atoms with Gasteiger partial charge in [-0.05, 0) is 24.3 Å². The fraction of sp³-hybridized carbons (Fsp3) is 0.143. The van der Waals surface area contributed by atoms with Gasteiger partial charge < -0.3 is 9.79 Å². The van der Waals surface area contributed by atoms with E-state index >= 15 is 0 Å². The fourth-order valence-electron chi connectivity index (χ4n) is 1.76. The topological polar surface area (TPSA) is 110 Å². The molecule has 0 amide bonds. The van der Waals surface area contributed by atoms with E-state index in [1.165, 1.54) is 24.3 Å². The predicted molar refractivity (Wildman–Crippen MR) is 91.3 cm³/mol. The molecule has 2 aromatic carbocycles. The van der Waals surface area contributed by atoms with Crippen LogP contribution >= 0.6 is 23.0 Å². The van der Waals surface area contributed by atoms with Crippen molar-refractivity contribution in [2.45, 2.75) is 0 Å². The smallest absolute Gasteiger partial charge is 0.339 e. The van der Waals surface area contributed by atoms with Gasteiger partial charge in [0, 0.05) is 15.2 Å². The quantitative estimate of drug-likeness (QED) is 0.668. The minimum Gasteiger partial charge on any atom is -0.339 e. The molecule has 0 fully saturated rings. The van der Waals surface area contributed by atoms with Crippen molar-refractivity contribution < 1.29 is 32.5 Å². The molecule has 24 heavy (non-hydrogen) atoms. The molecular weight excluding hydrogens is 373 g/mol. The van der Waals surface area contributed by atoms with Crippen LogP contribution in [0.25, 0.3) is 0 Å². The van der Waals surface area contributed by atoms with Crippen molar-refractivity contribution >= 4 is 33.6 Å². The minimum atomic E-state index is -3.84. The summed E-state index contributed by atoms with van der Waals surface area (Å²) in [4.78, 5) is 19.8. The van der Waals surface area contributed by atoms with Gasteiger partial charge in [-0.3, -0.25) is 9.13 Å². The van der Waals surface area contributed by atoms with Gasteiger partial charge in [-0.1, -0.05) is 36.4 Å². The van der Waals surface area contributed by atoms with Crippen LogP contribution in [0.15, 0.2) is 60.7 Å². The Morgan fingerprint density at radius 1 is 0.750 bits per heavy atom. The average Bonchev–Trinajstić information content (AvgIpc) is 2.60. The van der Waals surface area contributed by atoms with Crippen molar-refractivity contribution in [1.82, 2.24) is 0 Å². The van der Waals surface area contributed by atoms with Gasteiger partial charge in [-0.25, -0.2) is 0 Å². The van der Waals surface area contributed by atoms with Crippen LogP contribution in [0.2, 0.25) is 0 Å². The molecule has 10 heteroatoms. The van der Waals surface area contributed by atoms with E-state index in [1.54, 1.807) is 36.4 Å². The van der Waals surface area contributed by atoms with Crippen molar-refractivity contribution in [1.29, 1.82) is 0 Å². The van der Waals surface area contributed by atoms with Gasteiger partial charge in [0.2, 0.25) is 0 Å². The maximum atomic E-state index is 12.1. The summed E-state index contributed by atoms with van der Waals surface area (Å²) in [6.07, 6.45) is -1.43. The Bertz CT molecular complexity index is 714. The zero-order valence-electron chi connectivity index (χ0n) is 12.5. The van der Waals surface area contributed by atoms with E-state index in [0.29, 0.717) is 0 Å². The van der Waals surface area contributed by atoms with E-state index in [1.807, 2.05) is 0 Å². The molecule has 128 valence electrons. The second-order valence-electron chi connectivity index (χ2n) is 4.81. The lowest BCUT2D eigenvalue weighted by molar-refractivity contribution is 0.264. The van der Waals surface area contributed by atoms with E-state index in [0.717, 1.165) is 0 Å². The SMILES string of the molecule is O=[P+](OCP(=O)(O)c1ccccc1)OCP(=O)(O)c1ccccc1. The van der Waals surface area contributed by atoms with Gasteiger partial charge in [0.15, 0.2) is 12.7 Å². The van der Waals surface area contributed by atoms with Crippen LogP contribution in [-0.2, 0) is 22.7 Å². The van der Waals surface area contributed by atoms with Crippen molar-refractivity contribution in [3.63, 3.8) is 0 Å². The van der Waals surface area contributed by atoms with Gasteiger partial charge in [-0.15, -0.1) is 9.05 Å². The van der Waals surface area contributed by atoms with Gasteiger partial charge in [0.1, 0.15) is 0 Å². The summed E-state index contributed by atoms with van der Waals surface area (Å²) >= 11 is 0. The predicted octanol–water partition coefficient (Wildman–Crippen LogP) is 2.78. The summed E-state index contributed by atoms with van der Waals surface area (Å²) in [5.74, 6) is 0. The van der Waals surface area contributed by atoms with Gasteiger partial charge in [0.25, 0.3) is 14.7 Å². The van der Waals surface area contributed by atoms with Crippen LogP contribution in [0.4, 0.5) is 0 Å². The molecule has 0 aliphatic heterocycles. The van der Waals surface area contributed by atoms with Crippen molar-refractivity contribution in [2.24, 2.45) is 0 Å². The maximum Gasteiger partial charge on any atom is 0.698 e. The highest BCUT2D eigenvalue weighted by molar-refractivity contribution is 7.66. The standard InChI is InChI=1S/C14H15O7P3/c15-22(20-11-23(16,17)13-7-3-1-4-8-13)21-12-24(18,19)14-9-5-2-6-10-14/h1-10H,11-12H2,(H-,16,17,18,19)/p+1. The average molecular weight is 389 g/mol. The van der Waals surface area contributed by atoms with E-state index in [4.69, 9.17) is 9.05 Å². The zero-order chi connectivity index (χ0) is 17.6.